The topological polar surface area (TPSA) is 130 Å². The largest absolute Gasteiger partial charge is 0.493 e. The highest BCUT2D eigenvalue weighted by molar-refractivity contribution is 7.20. The van der Waals surface area contributed by atoms with Crippen LogP contribution >= 0.6 is 11.3 Å². The van der Waals surface area contributed by atoms with Gasteiger partial charge in [0.05, 0.1) is 35.9 Å². The number of anilines is 2. The molecule has 244 valence electrons. The van der Waals surface area contributed by atoms with Crippen LogP contribution in [0.4, 0.5) is 17.1 Å². The molecule has 4 aromatic rings. The molecule has 0 radical (unpaired) electrons. The second-order valence-electron chi connectivity index (χ2n) is 11.9. The van der Waals surface area contributed by atoms with Gasteiger partial charge in [-0.3, -0.25) is 29.1 Å². The van der Waals surface area contributed by atoms with E-state index in [1.165, 1.54) is 18.4 Å². The van der Waals surface area contributed by atoms with Gasteiger partial charge < -0.3 is 25.0 Å². The smallest absolute Gasteiger partial charge is 0.261 e. The third kappa shape index (κ3) is 6.02. The molecular weight excluding hydrogens is 630 g/mol. The molecular formula is C36H33N5O6S. The average Bonchev–Trinajstić information content (AvgIpc) is 3.76. The van der Waals surface area contributed by atoms with Crippen molar-refractivity contribution in [2.75, 3.05) is 31.0 Å². The van der Waals surface area contributed by atoms with Crippen LogP contribution in [0.2, 0.25) is 0 Å². The number of aldehydes is 1. The van der Waals surface area contributed by atoms with E-state index in [0.29, 0.717) is 58.3 Å². The van der Waals surface area contributed by atoms with Crippen LogP contribution < -0.4 is 25.0 Å². The number of benzene rings is 3. The van der Waals surface area contributed by atoms with Gasteiger partial charge in [0.2, 0.25) is 11.8 Å². The summed E-state index contributed by atoms with van der Waals surface area (Å²) in [6.45, 7) is 0.245. The highest BCUT2D eigenvalue weighted by Gasteiger charge is 2.36. The molecule has 7 rings (SSSR count). The van der Waals surface area contributed by atoms with Gasteiger partial charge in [0.15, 0.2) is 17.8 Å². The highest BCUT2D eigenvalue weighted by atomic mass is 32.1. The minimum Gasteiger partial charge on any atom is -0.493 e. The van der Waals surface area contributed by atoms with E-state index in [0.717, 1.165) is 27.6 Å². The molecule has 3 amide bonds. The molecule has 12 heteroatoms. The summed E-state index contributed by atoms with van der Waals surface area (Å²) in [6, 6.07) is 18.0. The fourth-order valence-electron chi connectivity index (χ4n) is 6.37. The number of hydrogen-bond donors (Lipinski definition) is 2. The summed E-state index contributed by atoms with van der Waals surface area (Å²) in [5.74, 6) is 0.345. The Balaban J connectivity index is 0.910. The molecule has 1 aromatic heterocycles. The van der Waals surface area contributed by atoms with Gasteiger partial charge in [0.25, 0.3) is 5.91 Å². The van der Waals surface area contributed by atoms with Crippen LogP contribution in [0, 0.1) is 0 Å². The monoisotopic (exact) mass is 663 g/mol. The number of hydrogen-bond acceptors (Lipinski definition) is 9. The zero-order chi connectivity index (χ0) is 33.4. The van der Waals surface area contributed by atoms with Crippen LogP contribution in [-0.4, -0.2) is 68.0 Å². The van der Waals surface area contributed by atoms with Crippen molar-refractivity contribution < 1.29 is 28.7 Å². The number of amides is 3. The summed E-state index contributed by atoms with van der Waals surface area (Å²) in [6.07, 6.45) is 6.10. The van der Waals surface area contributed by atoms with Crippen LogP contribution in [0.1, 0.15) is 44.9 Å². The van der Waals surface area contributed by atoms with Crippen LogP contribution in [0.3, 0.4) is 0 Å². The Labute approximate surface area is 280 Å². The number of likely N-dealkylation sites (N-methyl/N-ethyl adjacent to an activating group) is 1. The number of nitrogens with zero attached hydrogens (tertiary/aromatic N) is 3. The van der Waals surface area contributed by atoms with Crippen molar-refractivity contribution in [2.24, 2.45) is 4.99 Å². The third-order valence-electron chi connectivity index (χ3n) is 8.72. The van der Waals surface area contributed by atoms with E-state index < -0.39 is 6.04 Å². The molecule has 0 aliphatic carbocycles. The van der Waals surface area contributed by atoms with Crippen molar-refractivity contribution >= 4 is 68.7 Å². The van der Waals surface area contributed by atoms with E-state index in [1.807, 2.05) is 48.7 Å². The molecule has 2 atom stereocenters. The lowest BCUT2D eigenvalue weighted by atomic mass is 10.1. The predicted molar refractivity (Wildman–Crippen MR) is 185 cm³/mol. The normalized spacial score (nSPS) is 17.7. The molecule has 3 aliphatic rings. The lowest BCUT2D eigenvalue weighted by Gasteiger charge is -2.22. The van der Waals surface area contributed by atoms with Crippen molar-refractivity contribution in [3.63, 3.8) is 0 Å². The number of methoxy groups -OCH3 is 1. The number of aliphatic imine (C=N–C) groups is 1. The van der Waals surface area contributed by atoms with E-state index in [1.54, 1.807) is 41.2 Å². The first-order chi connectivity index (χ1) is 23.3. The summed E-state index contributed by atoms with van der Waals surface area (Å²) >= 11 is 1.40. The number of thiophene rings is 1. The quantitative estimate of drug-likeness (QED) is 0.170. The van der Waals surface area contributed by atoms with Gasteiger partial charge in [-0.05, 0) is 53.8 Å². The Morgan fingerprint density at radius 2 is 1.92 bits per heavy atom. The van der Waals surface area contributed by atoms with Crippen molar-refractivity contribution in [1.82, 2.24) is 10.2 Å². The fraction of sp³-hybridized carbons (Fsp3) is 0.250. The maximum atomic E-state index is 13.6. The molecule has 0 fully saturated rings. The van der Waals surface area contributed by atoms with E-state index in [2.05, 4.69) is 15.6 Å². The minimum atomic E-state index is -0.478. The first-order valence-corrected chi connectivity index (χ1v) is 16.5. The second kappa shape index (κ2) is 13.0. The van der Waals surface area contributed by atoms with Gasteiger partial charge in [-0.1, -0.05) is 18.2 Å². The van der Waals surface area contributed by atoms with Crippen molar-refractivity contribution in [2.45, 2.75) is 37.8 Å². The van der Waals surface area contributed by atoms with Gasteiger partial charge in [0, 0.05) is 66.6 Å². The zero-order valence-corrected chi connectivity index (χ0v) is 27.2. The van der Waals surface area contributed by atoms with Gasteiger partial charge in [-0.15, -0.1) is 11.3 Å². The van der Waals surface area contributed by atoms with Crippen molar-refractivity contribution in [3.05, 3.63) is 88.6 Å². The van der Waals surface area contributed by atoms with Gasteiger partial charge in [-0.2, -0.15) is 0 Å². The number of fused-ring (bicyclic) bond motifs is 5. The van der Waals surface area contributed by atoms with Gasteiger partial charge in [0.1, 0.15) is 6.04 Å². The molecule has 0 bridgehead atoms. The number of ether oxygens (including phenoxy) is 2. The molecule has 0 saturated carbocycles. The second-order valence-corrected chi connectivity index (χ2v) is 13.0. The van der Waals surface area contributed by atoms with E-state index in [9.17, 15) is 19.2 Å². The molecule has 3 aliphatic heterocycles. The molecule has 48 heavy (non-hydrogen) atoms. The SMILES string of the molecule is COc1cc2c(cc1OCCCC(=O)NC1=CN(C)C(C(=O)Nc3ccc4sc(C=O)cc4c3)C1)N=CC1Cc3ccccc3N1C2=O. The predicted octanol–water partition coefficient (Wildman–Crippen LogP) is 5.47. The Bertz CT molecular complexity index is 2020. The lowest BCUT2D eigenvalue weighted by Crippen LogP contribution is -2.37. The molecule has 11 nitrogen and oxygen atoms in total. The first kappa shape index (κ1) is 31.1. The Morgan fingerprint density at radius 3 is 2.75 bits per heavy atom. The van der Waals surface area contributed by atoms with Gasteiger partial charge >= 0.3 is 0 Å². The van der Waals surface area contributed by atoms with Gasteiger partial charge in [-0.25, -0.2) is 0 Å². The summed E-state index contributed by atoms with van der Waals surface area (Å²) < 4.78 is 12.5. The van der Waals surface area contributed by atoms with Crippen LogP contribution in [0.15, 0.2) is 77.6 Å². The van der Waals surface area contributed by atoms with E-state index in [4.69, 9.17) is 9.47 Å². The highest BCUT2D eigenvalue weighted by Crippen LogP contribution is 2.41. The zero-order valence-electron chi connectivity index (χ0n) is 26.4. The Morgan fingerprint density at radius 1 is 1.06 bits per heavy atom. The Kier molecular flexibility index (Phi) is 8.40. The molecule has 4 heterocycles. The van der Waals surface area contributed by atoms with Crippen molar-refractivity contribution in [3.8, 4) is 11.5 Å². The summed E-state index contributed by atoms with van der Waals surface area (Å²) in [5.41, 5.74) is 4.26. The summed E-state index contributed by atoms with van der Waals surface area (Å²) in [7, 11) is 3.32. The van der Waals surface area contributed by atoms with E-state index in [-0.39, 0.29) is 36.8 Å². The number of para-hydroxylation sites is 1. The van der Waals surface area contributed by atoms with Crippen LogP contribution in [-0.2, 0) is 16.0 Å². The Hall–Kier alpha value is -5.49. The number of carbonyl (C=O) groups excluding carboxylic acids is 4. The van der Waals surface area contributed by atoms with E-state index >= 15 is 0 Å². The summed E-state index contributed by atoms with van der Waals surface area (Å²) in [4.78, 5) is 59.4. The number of rotatable bonds is 10. The first-order valence-electron chi connectivity index (χ1n) is 15.6. The van der Waals surface area contributed by atoms with Crippen LogP contribution in [0.25, 0.3) is 10.1 Å². The lowest BCUT2D eigenvalue weighted by molar-refractivity contribution is -0.121. The maximum absolute atomic E-state index is 13.6. The average molecular weight is 664 g/mol. The molecule has 0 saturated heterocycles. The molecule has 3 aromatic carbocycles. The standard InChI is InChI=1S/C36H33N5O6S/c1-40-19-24(15-30(40)35(44)39-23-9-10-33-22(12-23)14-26(20-42)48-33)38-34(43)8-5-11-47-32-17-28-27(16-31(32)46-2)36(45)41-25(18-37-28)13-21-6-3-4-7-29(21)41/h3-4,6-7,9-10,12,14,16-20,25,30H,5,8,11,13,15H2,1-2H3,(H,38,43)(H,39,44). The third-order valence-corrected chi connectivity index (χ3v) is 9.76. The molecule has 2 unspecified atom stereocenters. The van der Waals surface area contributed by atoms with Crippen LogP contribution in [0.5, 0.6) is 11.5 Å². The molecule has 2 N–H and O–H groups in total. The minimum absolute atomic E-state index is 0.139. The molecule has 0 spiro atoms. The number of nitrogens with one attached hydrogen (secondary N) is 2. The maximum Gasteiger partial charge on any atom is 0.261 e. The summed E-state index contributed by atoms with van der Waals surface area (Å²) in [5, 5.41) is 6.76. The fourth-order valence-corrected chi connectivity index (χ4v) is 7.23. The number of carbonyl (C=O) groups is 4. The van der Waals surface area contributed by atoms with Crippen molar-refractivity contribution in [1.29, 1.82) is 0 Å².